The van der Waals surface area contributed by atoms with Crippen molar-refractivity contribution in [2.24, 2.45) is 0 Å². The van der Waals surface area contributed by atoms with E-state index in [1.54, 1.807) is 41.3 Å². The number of hydrogen-bond donors (Lipinski definition) is 0. The van der Waals surface area contributed by atoms with Crippen molar-refractivity contribution in [3.05, 3.63) is 82.9 Å². The number of fused-ring (bicyclic) bond motifs is 1. The third kappa shape index (κ3) is 7.02. The molecular weight excluding hydrogens is 603 g/mol. The zero-order valence-electron chi connectivity index (χ0n) is 22.8. The van der Waals surface area contributed by atoms with E-state index in [9.17, 15) is 13.2 Å². The van der Waals surface area contributed by atoms with E-state index < -0.39 is 10.0 Å². The smallest absolute Gasteiger partial charge is 0.264 e. The third-order valence-corrected chi connectivity index (χ3v) is 10.00. The first-order chi connectivity index (χ1) is 19.2. The fourth-order valence-electron chi connectivity index (χ4n) is 4.68. The average Bonchev–Trinajstić information content (AvgIpc) is 3.40. The summed E-state index contributed by atoms with van der Waals surface area (Å²) in [6.07, 6.45) is 0.760. The standard InChI is InChI=1S/C29H31ClN4O4S2.ClH/c1-21-19-23(30)20-26-27(21)31-29(39-26)34(14-6-13-33-15-17-38-18-16-33)28(35)22-9-11-25(12-10-22)40(36,37)32(2)24-7-4-3-5-8-24;/h3-5,7-12,19-20H,6,13-18H2,1-2H3;1H. The van der Waals surface area contributed by atoms with Crippen LogP contribution in [0.25, 0.3) is 10.2 Å². The van der Waals surface area contributed by atoms with E-state index in [0.717, 1.165) is 55.0 Å². The van der Waals surface area contributed by atoms with Gasteiger partial charge in [0.1, 0.15) is 0 Å². The Kier molecular flexibility index (Phi) is 10.3. The van der Waals surface area contributed by atoms with Crippen LogP contribution >= 0.6 is 35.3 Å². The zero-order valence-corrected chi connectivity index (χ0v) is 26.0. The Morgan fingerprint density at radius 3 is 2.44 bits per heavy atom. The highest BCUT2D eigenvalue weighted by atomic mass is 35.5. The quantitative estimate of drug-likeness (QED) is 0.229. The summed E-state index contributed by atoms with van der Waals surface area (Å²) in [4.78, 5) is 22.8. The number of amides is 1. The van der Waals surface area contributed by atoms with Gasteiger partial charge in [0.05, 0.1) is 34.0 Å². The number of rotatable bonds is 9. The number of nitrogens with zero attached hydrogens (tertiary/aromatic N) is 4. The Hall–Kier alpha value is -2.73. The Morgan fingerprint density at radius 1 is 1.07 bits per heavy atom. The Labute approximate surface area is 256 Å². The molecule has 0 unspecified atom stereocenters. The molecule has 1 aliphatic heterocycles. The number of para-hydroxylation sites is 1. The third-order valence-electron chi connectivity index (χ3n) is 6.95. The highest BCUT2D eigenvalue weighted by molar-refractivity contribution is 7.92. The summed E-state index contributed by atoms with van der Waals surface area (Å²) >= 11 is 7.71. The molecular formula is C29H32Cl2N4O4S2. The van der Waals surface area contributed by atoms with Crippen LogP contribution in [0.1, 0.15) is 22.3 Å². The molecule has 0 aliphatic carbocycles. The van der Waals surface area contributed by atoms with Crippen molar-refractivity contribution in [3.8, 4) is 0 Å². The van der Waals surface area contributed by atoms with Crippen LogP contribution in [0, 0.1) is 6.92 Å². The van der Waals surface area contributed by atoms with Crippen molar-refractivity contribution in [1.29, 1.82) is 0 Å². The second kappa shape index (κ2) is 13.5. The number of sulfonamides is 1. The zero-order chi connectivity index (χ0) is 28.3. The number of ether oxygens (including phenoxy) is 1. The van der Waals surface area contributed by atoms with Crippen LogP contribution in [-0.2, 0) is 14.8 Å². The Balaban J connectivity index is 0.00000387. The van der Waals surface area contributed by atoms with E-state index in [0.29, 0.717) is 27.9 Å². The number of morpholine rings is 1. The molecule has 1 amide bonds. The van der Waals surface area contributed by atoms with Gasteiger partial charge in [-0.15, -0.1) is 12.4 Å². The van der Waals surface area contributed by atoms with Crippen molar-refractivity contribution < 1.29 is 17.9 Å². The van der Waals surface area contributed by atoms with Crippen molar-refractivity contribution in [3.63, 3.8) is 0 Å². The summed E-state index contributed by atoms with van der Waals surface area (Å²) in [5, 5.41) is 1.22. The minimum atomic E-state index is -3.79. The maximum absolute atomic E-state index is 13.8. The van der Waals surface area contributed by atoms with Crippen LogP contribution in [0.3, 0.4) is 0 Å². The van der Waals surface area contributed by atoms with Gasteiger partial charge in [-0.3, -0.25) is 18.9 Å². The molecule has 0 radical (unpaired) electrons. The number of benzene rings is 3. The van der Waals surface area contributed by atoms with E-state index in [4.69, 9.17) is 21.3 Å². The maximum atomic E-state index is 13.8. The van der Waals surface area contributed by atoms with Gasteiger partial charge < -0.3 is 4.74 Å². The first-order valence-electron chi connectivity index (χ1n) is 13.1. The molecule has 2 heterocycles. The highest BCUT2D eigenvalue weighted by Crippen LogP contribution is 2.34. The highest BCUT2D eigenvalue weighted by Gasteiger charge is 2.25. The molecule has 8 nitrogen and oxygen atoms in total. The number of carbonyl (C=O) groups is 1. The first-order valence-corrected chi connectivity index (χ1v) is 15.7. The summed E-state index contributed by atoms with van der Waals surface area (Å²) in [6.45, 7) is 6.45. The number of halogens is 2. The largest absolute Gasteiger partial charge is 0.379 e. The van der Waals surface area contributed by atoms with Gasteiger partial charge in [-0.2, -0.15) is 0 Å². The molecule has 0 spiro atoms. The van der Waals surface area contributed by atoms with E-state index in [2.05, 4.69) is 4.90 Å². The normalized spacial score (nSPS) is 14.0. The Morgan fingerprint density at radius 2 is 1.76 bits per heavy atom. The molecule has 41 heavy (non-hydrogen) atoms. The second-order valence-electron chi connectivity index (χ2n) is 9.66. The molecule has 0 bridgehead atoms. The van der Waals surface area contributed by atoms with Crippen LogP contribution in [0.2, 0.25) is 5.02 Å². The summed E-state index contributed by atoms with van der Waals surface area (Å²) in [7, 11) is -2.27. The predicted octanol–water partition coefficient (Wildman–Crippen LogP) is 5.87. The molecule has 0 saturated carbocycles. The van der Waals surface area contributed by atoms with Crippen LogP contribution < -0.4 is 9.21 Å². The topological polar surface area (TPSA) is 83.0 Å². The lowest BCUT2D eigenvalue weighted by molar-refractivity contribution is 0.0376. The first kappa shape index (κ1) is 31.2. The maximum Gasteiger partial charge on any atom is 0.264 e. The van der Waals surface area contributed by atoms with Gasteiger partial charge in [0.25, 0.3) is 15.9 Å². The fourth-order valence-corrected chi connectivity index (χ4v) is 7.32. The fraction of sp³-hybridized carbons (Fsp3) is 0.310. The van der Waals surface area contributed by atoms with E-state index in [-0.39, 0.29) is 23.2 Å². The van der Waals surface area contributed by atoms with E-state index in [1.165, 1.54) is 34.8 Å². The monoisotopic (exact) mass is 634 g/mol. The number of aromatic nitrogens is 1. The molecule has 0 atom stereocenters. The van der Waals surface area contributed by atoms with Gasteiger partial charge in [0, 0.05) is 43.8 Å². The molecule has 12 heteroatoms. The SMILES string of the molecule is Cc1cc(Cl)cc2sc(N(CCCN3CCOCC3)C(=O)c3ccc(S(=O)(=O)N(C)c4ccccc4)cc3)nc12.Cl. The average molecular weight is 636 g/mol. The molecule has 218 valence electrons. The number of anilines is 2. The molecule has 3 aromatic carbocycles. The number of thiazole rings is 1. The minimum absolute atomic E-state index is 0. The van der Waals surface area contributed by atoms with Gasteiger partial charge in [0.15, 0.2) is 5.13 Å². The predicted molar refractivity (Wildman–Crippen MR) is 169 cm³/mol. The molecule has 1 aromatic heterocycles. The lowest BCUT2D eigenvalue weighted by atomic mass is 10.2. The summed E-state index contributed by atoms with van der Waals surface area (Å²) in [5.74, 6) is -0.231. The lowest BCUT2D eigenvalue weighted by Gasteiger charge is -2.27. The molecule has 1 fully saturated rings. The number of aryl methyl sites for hydroxylation is 1. The van der Waals surface area contributed by atoms with Crippen LogP contribution in [0.5, 0.6) is 0 Å². The molecule has 4 aromatic rings. The molecule has 1 aliphatic rings. The van der Waals surface area contributed by atoms with Gasteiger partial charge in [-0.1, -0.05) is 41.1 Å². The number of carbonyl (C=O) groups excluding carboxylic acids is 1. The second-order valence-corrected chi connectivity index (χ2v) is 13.1. The van der Waals surface area contributed by atoms with E-state index in [1.807, 2.05) is 25.1 Å². The van der Waals surface area contributed by atoms with E-state index >= 15 is 0 Å². The summed E-state index contributed by atoms with van der Waals surface area (Å²) in [5.41, 5.74) is 2.71. The summed E-state index contributed by atoms with van der Waals surface area (Å²) < 4.78 is 34.0. The minimum Gasteiger partial charge on any atom is -0.379 e. The van der Waals surface area contributed by atoms with Gasteiger partial charge in [0.2, 0.25) is 0 Å². The van der Waals surface area contributed by atoms with Crippen molar-refractivity contribution in [2.75, 3.05) is 55.6 Å². The van der Waals surface area contributed by atoms with Crippen LogP contribution in [0.15, 0.2) is 71.6 Å². The van der Waals surface area contributed by atoms with Crippen LogP contribution in [-0.4, -0.2) is 70.6 Å². The molecule has 5 rings (SSSR count). The van der Waals surface area contributed by atoms with Gasteiger partial charge >= 0.3 is 0 Å². The molecule has 0 N–H and O–H groups in total. The summed E-state index contributed by atoms with van der Waals surface area (Å²) in [6, 6.07) is 18.7. The lowest BCUT2D eigenvalue weighted by Crippen LogP contribution is -2.39. The molecule has 1 saturated heterocycles. The van der Waals surface area contributed by atoms with Gasteiger partial charge in [-0.25, -0.2) is 13.4 Å². The van der Waals surface area contributed by atoms with Crippen molar-refractivity contribution in [2.45, 2.75) is 18.2 Å². The van der Waals surface area contributed by atoms with Crippen molar-refractivity contribution in [1.82, 2.24) is 9.88 Å². The van der Waals surface area contributed by atoms with Crippen molar-refractivity contribution >= 4 is 72.3 Å². The van der Waals surface area contributed by atoms with Gasteiger partial charge in [-0.05, 0) is 67.4 Å². The Bertz CT molecular complexity index is 1590. The number of hydrogen-bond acceptors (Lipinski definition) is 7. The van der Waals surface area contributed by atoms with Crippen LogP contribution in [0.4, 0.5) is 10.8 Å².